The molecule has 0 aliphatic carbocycles. The van der Waals surface area contributed by atoms with Crippen LogP contribution in [0.2, 0.25) is 0 Å². The number of ether oxygens (including phenoxy) is 1. The molecule has 0 amide bonds. The predicted molar refractivity (Wildman–Crippen MR) is 61.7 cm³/mol. The van der Waals surface area contributed by atoms with Crippen molar-refractivity contribution in [3.8, 4) is 11.5 Å². The minimum absolute atomic E-state index is 0.0788. The summed E-state index contributed by atoms with van der Waals surface area (Å²) in [6.07, 6.45) is 0. The van der Waals surface area contributed by atoms with Gasteiger partial charge in [0.25, 0.3) is 0 Å². The second-order valence-electron chi connectivity index (χ2n) is 3.70. The summed E-state index contributed by atoms with van der Waals surface area (Å²) in [5, 5.41) is 21.5. The summed E-state index contributed by atoms with van der Waals surface area (Å²) >= 11 is 0. The maximum atomic E-state index is 11.9. The Bertz CT molecular complexity index is 645. The Morgan fingerprint density at radius 2 is 1.83 bits per heavy atom. The van der Waals surface area contributed by atoms with Gasteiger partial charge in [-0.05, 0) is 11.5 Å². The van der Waals surface area contributed by atoms with Gasteiger partial charge >= 0.3 is 11.9 Å². The standard InChI is InChI=1S/C13H10O5/c1-7(14)18-11-6-10(13(16)17)12(15)9-5-3-2-4-8(9)11/h2-6,15H,1H3,(H,16,17)/p-1. The second-order valence-corrected chi connectivity index (χ2v) is 3.70. The lowest BCUT2D eigenvalue weighted by Crippen LogP contribution is -2.08. The fraction of sp³-hybridized carbons (Fsp3) is 0.0769. The van der Waals surface area contributed by atoms with Crippen LogP contribution in [0.1, 0.15) is 17.3 Å². The Morgan fingerprint density at radius 3 is 2.39 bits per heavy atom. The predicted octanol–water partition coefficient (Wildman–Crippen LogP) is 1.54. The highest BCUT2D eigenvalue weighted by molar-refractivity contribution is 6.03. The number of carboxylic acids is 1. The fourth-order valence-electron chi connectivity index (χ4n) is 1.71. The highest BCUT2D eigenvalue weighted by Gasteiger charge is 2.13. The van der Waals surface area contributed by atoms with E-state index in [0.29, 0.717) is 5.39 Å². The SMILES string of the molecule is CC(=O)Oc1cc(C(=O)O)c([O-])c2ccccc12. The van der Waals surface area contributed by atoms with E-state index in [1.807, 2.05) is 0 Å². The molecule has 0 aromatic heterocycles. The van der Waals surface area contributed by atoms with Crippen LogP contribution in [-0.4, -0.2) is 17.0 Å². The number of rotatable bonds is 2. The van der Waals surface area contributed by atoms with Gasteiger partial charge in [-0.25, -0.2) is 4.79 Å². The third-order valence-corrected chi connectivity index (χ3v) is 2.44. The molecule has 2 aromatic rings. The number of hydrogen-bond acceptors (Lipinski definition) is 4. The monoisotopic (exact) mass is 245 g/mol. The molecule has 0 saturated heterocycles. The average Bonchev–Trinajstić information content (AvgIpc) is 2.32. The number of aromatic carboxylic acids is 1. The molecule has 1 N–H and O–H groups in total. The molecule has 0 spiro atoms. The first kappa shape index (κ1) is 11.9. The Labute approximate surface area is 102 Å². The van der Waals surface area contributed by atoms with Crippen LogP contribution in [0, 0.1) is 0 Å². The Kier molecular flexibility index (Phi) is 2.89. The molecule has 0 heterocycles. The van der Waals surface area contributed by atoms with E-state index in [9.17, 15) is 14.7 Å². The highest BCUT2D eigenvalue weighted by atomic mass is 16.5. The van der Waals surface area contributed by atoms with Crippen molar-refractivity contribution in [2.45, 2.75) is 6.92 Å². The largest absolute Gasteiger partial charge is 0.871 e. The highest BCUT2D eigenvalue weighted by Crippen LogP contribution is 2.34. The maximum absolute atomic E-state index is 11.9. The van der Waals surface area contributed by atoms with E-state index in [1.165, 1.54) is 13.0 Å². The number of fused-ring (bicyclic) bond motifs is 1. The van der Waals surface area contributed by atoms with Crippen molar-refractivity contribution in [2.24, 2.45) is 0 Å². The lowest BCUT2D eigenvalue weighted by atomic mass is 10.0. The summed E-state index contributed by atoms with van der Waals surface area (Å²) in [6, 6.07) is 7.47. The summed E-state index contributed by atoms with van der Waals surface area (Å²) in [5.74, 6) is -2.43. The van der Waals surface area contributed by atoms with Crippen molar-refractivity contribution in [1.29, 1.82) is 0 Å². The first-order valence-corrected chi connectivity index (χ1v) is 5.15. The molecule has 0 bridgehead atoms. The lowest BCUT2D eigenvalue weighted by Gasteiger charge is -2.16. The van der Waals surface area contributed by atoms with E-state index in [4.69, 9.17) is 9.84 Å². The molecule has 0 atom stereocenters. The zero-order valence-corrected chi connectivity index (χ0v) is 9.47. The second kappa shape index (κ2) is 4.37. The van der Waals surface area contributed by atoms with Gasteiger partial charge in [0, 0.05) is 12.3 Å². The molecular formula is C13H9O5-. The normalized spacial score (nSPS) is 10.3. The van der Waals surface area contributed by atoms with Gasteiger partial charge in [-0.15, -0.1) is 0 Å². The Balaban J connectivity index is 2.79. The molecular weight excluding hydrogens is 236 g/mol. The van der Waals surface area contributed by atoms with E-state index < -0.39 is 23.3 Å². The van der Waals surface area contributed by atoms with Crippen molar-refractivity contribution in [3.05, 3.63) is 35.9 Å². The zero-order chi connectivity index (χ0) is 13.3. The molecule has 5 nitrogen and oxygen atoms in total. The van der Waals surface area contributed by atoms with Crippen molar-refractivity contribution in [2.75, 3.05) is 0 Å². The molecule has 0 aliphatic rings. The van der Waals surface area contributed by atoms with Crippen LogP contribution < -0.4 is 9.84 Å². The first-order chi connectivity index (χ1) is 8.50. The number of carbonyl (C=O) groups excluding carboxylic acids is 1. The molecule has 2 aromatic carbocycles. The molecule has 0 unspecified atom stereocenters. The van der Waals surface area contributed by atoms with E-state index in [0.717, 1.165) is 6.07 Å². The van der Waals surface area contributed by atoms with Crippen molar-refractivity contribution < 1.29 is 24.5 Å². The average molecular weight is 245 g/mol. The molecule has 0 saturated carbocycles. The van der Waals surface area contributed by atoms with Crippen molar-refractivity contribution >= 4 is 22.7 Å². The molecule has 92 valence electrons. The van der Waals surface area contributed by atoms with Gasteiger partial charge in [0.2, 0.25) is 0 Å². The summed E-state index contributed by atoms with van der Waals surface area (Å²) in [4.78, 5) is 21.9. The summed E-state index contributed by atoms with van der Waals surface area (Å²) < 4.78 is 4.93. The third kappa shape index (κ3) is 1.98. The van der Waals surface area contributed by atoms with Gasteiger partial charge in [-0.2, -0.15) is 0 Å². The molecule has 2 rings (SSSR count). The summed E-state index contributed by atoms with van der Waals surface area (Å²) in [5.41, 5.74) is -0.412. The van der Waals surface area contributed by atoms with Gasteiger partial charge in [0.1, 0.15) is 5.75 Å². The minimum atomic E-state index is -1.35. The smallest absolute Gasteiger partial charge is 0.335 e. The van der Waals surface area contributed by atoms with Crippen LogP contribution in [0.5, 0.6) is 11.5 Å². The molecule has 18 heavy (non-hydrogen) atoms. The summed E-state index contributed by atoms with van der Waals surface area (Å²) in [6.45, 7) is 1.21. The van der Waals surface area contributed by atoms with Crippen molar-refractivity contribution in [3.63, 3.8) is 0 Å². The zero-order valence-electron chi connectivity index (χ0n) is 9.47. The third-order valence-electron chi connectivity index (χ3n) is 2.44. The lowest BCUT2D eigenvalue weighted by molar-refractivity contribution is -0.266. The quantitative estimate of drug-likeness (QED) is 0.640. The van der Waals surface area contributed by atoms with Crippen LogP contribution in [0.15, 0.2) is 30.3 Å². The van der Waals surface area contributed by atoms with Crippen LogP contribution in [0.25, 0.3) is 10.8 Å². The maximum Gasteiger partial charge on any atom is 0.335 e. The van der Waals surface area contributed by atoms with E-state index in [2.05, 4.69) is 0 Å². The van der Waals surface area contributed by atoms with Gasteiger partial charge < -0.3 is 14.9 Å². The van der Waals surface area contributed by atoms with Gasteiger partial charge in [0.15, 0.2) is 0 Å². The van der Waals surface area contributed by atoms with Crippen LogP contribution in [-0.2, 0) is 4.79 Å². The fourth-order valence-corrected chi connectivity index (χ4v) is 1.71. The number of esters is 1. The van der Waals surface area contributed by atoms with Gasteiger partial charge in [-0.3, -0.25) is 4.79 Å². The van der Waals surface area contributed by atoms with E-state index in [-0.39, 0.29) is 11.1 Å². The number of benzene rings is 2. The molecule has 0 aliphatic heterocycles. The van der Waals surface area contributed by atoms with Crippen LogP contribution in [0.3, 0.4) is 0 Å². The number of hydrogen-bond donors (Lipinski definition) is 1. The molecule has 0 fully saturated rings. The van der Waals surface area contributed by atoms with E-state index in [1.54, 1.807) is 18.2 Å². The first-order valence-electron chi connectivity index (χ1n) is 5.15. The van der Waals surface area contributed by atoms with E-state index >= 15 is 0 Å². The Morgan fingerprint density at radius 1 is 1.22 bits per heavy atom. The molecule has 5 heteroatoms. The van der Waals surface area contributed by atoms with Crippen LogP contribution in [0.4, 0.5) is 0 Å². The van der Waals surface area contributed by atoms with Gasteiger partial charge in [0.05, 0.1) is 5.56 Å². The van der Waals surface area contributed by atoms with Gasteiger partial charge in [-0.1, -0.05) is 30.0 Å². The van der Waals surface area contributed by atoms with Crippen LogP contribution >= 0.6 is 0 Å². The number of carboxylic acid groups (broad SMARTS) is 1. The number of carbonyl (C=O) groups is 2. The topological polar surface area (TPSA) is 86.7 Å². The molecule has 0 radical (unpaired) electrons. The minimum Gasteiger partial charge on any atom is -0.871 e. The van der Waals surface area contributed by atoms with Crippen molar-refractivity contribution in [1.82, 2.24) is 0 Å². The Hall–Kier alpha value is -2.56. The summed E-state index contributed by atoms with van der Waals surface area (Å²) in [7, 11) is 0.